The first-order valence-electron chi connectivity index (χ1n) is 4.95. The molecule has 0 atom stereocenters. The zero-order valence-electron chi connectivity index (χ0n) is 9.74. The van der Waals surface area contributed by atoms with Gasteiger partial charge in [-0.05, 0) is 25.1 Å². The molecule has 0 aliphatic rings. The number of methoxy groups -OCH3 is 1. The summed E-state index contributed by atoms with van der Waals surface area (Å²) in [4.78, 5) is 22.6. The first kappa shape index (κ1) is 12.8. The van der Waals surface area contributed by atoms with Crippen molar-refractivity contribution >= 4 is 17.7 Å². The molecule has 0 aliphatic carbocycles. The van der Waals surface area contributed by atoms with Gasteiger partial charge in [0, 0.05) is 11.4 Å². The standard InChI is InChI=1S/C12H14N2O3/c1-8(2)13-12(16)14-10-6-4-5-9(7-10)11(15)17-3/h4-7H,1H2,2-3H3,(H2,13,14,16). The van der Waals surface area contributed by atoms with Crippen molar-refractivity contribution in [1.29, 1.82) is 0 Å². The topological polar surface area (TPSA) is 67.4 Å². The third kappa shape index (κ3) is 3.98. The number of nitrogens with one attached hydrogen (secondary N) is 2. The van der Waals surface area contributed by atoms with Crippen molar-refractivity contribution in [3.8, 4) is 0 Å². The third-order valence-electron chi connectivity index (χ3n) is 1.87. The van der Waals surface area contributed by atoms with Crippen molar-refractivity contribution in [2.75, 3.05) is 12.4 Å². The lowest BCUT2D eigenvalue weighted by atomic mass is 10.2. The molecule has 90 valence electrons. The molecule has 0 saturated carbocycles. The van der Waals surface area contributed by atoms with Gasteiger partial charge in [-0.2, -0.15) is 0 Å². The zero-order valence-corrected chi connectivity index (χ0v) is 9.74. The maximum Gasteiger partial charge on any atom is 0.337 e. The van der Waals surface area contributed by atoms with Gasteiger partial charge in [-0.1, -0.05) is 12.6 Å². The molecule has 0 saturated heterocycles. The van der Waals surface area contributed by atoms with Crippen LogP contribution in [0.3, 0.4) is 0 Å². The summed E-state index contributed by atoms with van der Waals surface area (Å²) in [6.45, 7) is 5.22. The number of hydrogen-bond donors (Lipinski definition) is 2. The number of esters is 1. The number of carbonyl (C=O) groups is 2. The Kier molecular flexibility index (Phi) is 4.28. The molecular weight excluding hydrogens is 220 g/mol. The molecule has 0 radical (unpaired) electrons. The number of allylic oxidation sites excluding steroid dienone is 1. The van der Waals surface area contributed by atoms with Gasteiger partial charge in [-0.25, -0.2) is 9.59 Å². The fourth-order valence-corrected chi connectivity index (χ4v) is 1.20. The van der Waals surface area contributed by atoms with E-state index in [0.717, 1.165) is 0 Å². The summed E-state index contributed by atoms with van der Waals surface area (Å²) in [5.41, 5.74) is 1.42. The third-order valence-corrected chi connectivity index (χ3v) is 1.87. The highest BCUT2D eigenvalue weighted by atomic mass is 16.5. The second kappa shape index (κ2) is 5.69. The molecular formula is C12H14N2O3. The van der Waals surface area contributed by atoms with E-state index in [0.29, 0.717) is 16.9 Å². The van der Waals surface area contributed by atoms with Gasteiger partial charge in [-0.15, -0.1) is 0 Å². The Morgan fingerprint density at radius 3 is 2.65 bits per heavy atom. The zero-order chi connectivity index (χ0) is 12.8. The number of benzene rings is 1. The van der Waals surface area contributed by atoms with Gasteiger partial charge in [0.25, 0.3) is 0 Å². The van der Waals surface area contributed by atoms with Gasteiger partial charge in [0.05, 0.1) is 12.7 Å². The van der Waals surface area contributed by atoms with E-state index in [9.17, 15) is 9.59 Å². The van der Waals surface area contributed by atoms with Gasteiger partial charge in [0.2, 0.25) is 0 Å². The van der Waals surface area contributed by atoms with E-state index in [1.165, 1.54) is 13.2 Å². The first-order chi connectivity index (χ1) is 8.02. The van der Waals surface area contributed by atoms with Crippen molar-refractivity contribution in [1.82, 2.24) is 5.32 Å². The maximum atomic E-state index is 11.4. The fraction of sp³-hybridized carbons (Fsp3) is 0.167. The number of anilines is 1. The van der Waals surface area contributed by atoms with Crippen LogP contribution in [0.25, 0.3) is 0 Å². The van der Waals surface area contributed by atoms with E-state index in [-0.39, 0.29) is 0 Å². The Balaban J connectivity index is 2.75. The molecule has 2 N–H and O–H groups in total. The molecule has 0 heterocycles. The summed E-state index contributed by atoms with van der Waals surface area (Å²) in [6, 6.07) is 6.06. The van der Waals surface area contributed by atoms with Crippen LogP contribution in [-0.4, -0.2) is 19.1 Å². The lowest BCUT2D eigenvalue weighted by molar-refractivity contribution is 0.0600. The average Bonchev–Trinajstić information content (AvgIpc) is 2.27. The first-order valence-corrected chi connectivity index (χ1v) is 4.95. The smallest absolute Gasteiger partial charge is 0.337 e. The Bertz CT molecular complexity index is 455. The minimum atomic E-state index is -0.450. The highest BCUT2D eigenvalue weighted by Crippen LogP contribution is 2.11. The van der Waals surface area contributed by atoms with Crippen LogP contribution in [0.1, 0.15) is 17.3 Å². The normalized spacial score (nSPS) is 9.29. The van der Waals surface area contributed by atoms with Gasteiger partial charge in [0.15, 0.2) is 0 Å². The van der Waals surface area contributed by atoms with E-state index in [1.807, 2.05) is 0 Å². The molecule has 1 aromatic rings. The summed E-state index contributed by atoms with van der Waals surface area (Å²) in [5.74, 6) is -0.450. The van der Waals surface area contributed by atoms with Crippen LogP contribution in [0.2, 0.25) is 0 Å². The maximum absolute atomic E-state index is 11.4. The molecule has 5 heteroatoms. The van der Waals surface area contributed by atoms with Crippen LogP contribution in [0.4, 0.5) is 10.5 Å². The Morgan fingerprint density at radius 2 is 2.06 bits per heavy atom. The molecule has 5 nitrogen and oxygen atoms in total. The monoisotopic (exact) mass is 234 g/mol. The van der Waals surface area contributed by atoms with E-state index >= 15 is 0 Å². The van der Waals surface area contributed by atoms with E-state index in [4.69, 9.17) is 0 Å². The van der Waals surface area contributed by atoms with Crippen molar-refractivity contribution < 1.29 is 14.3 Å². The predicted octanol–water partition coefficient (Wildman–Crippen LogP) is 2.13. The largest absolute Gasteiger partial charge is 0.465 e. The number of hydrogen-bond acceptors (Lipinski definition) is 3. The van der Waals surface area contributed by atoms with Crippen molar-refractivity contribution in [3.05, 3.63) is 42.1 Å². The number of urea groups is 1. The molecule has 0 fully saturated rings. The van der Waals surface area contributed by atoms with Crippen LogP contribution in [0.15, 0.2) is 36.5 Å². The number of amides is 2. The van der Waals surface area contributed by atoms with Gasteiger partial charge in [0.1, 0.15) is 0 Å². The highest BCUT2D eigenvalue weighted by molar-refractivity contribution is 5.94. The van der Waals surface area contributed by atoms with E-state index < -0.39 is 12.0 Å². The molecule has 0 spiro atoms. The summed E-state index contributed by atoms with van der Waals surface area (Å²) in [7, 11) is 1.30. The minimum absolute atomic E-state index is 0.376. The quantitative estimate of drug-likeness (QED) is 0.787. The van der Waals surface area contributed by atoms with Crippen molar-refractivity contribution in [3.63, 3.8) is 0 Å². The fourth-order valence-electron chi connectivity index (χ4n) is 1.20. The number of carbonyl (C=O) groups excluding carboxylic acids is 2. The van der Waals surface area contributed by atoms with Crippen LogP contribution in [0.5, 0.6) is 0 Å². The predicted molar refractivity (Wildman–Crippen MR) is 64.7 cm³/mol. The summed E-state index contributed by atoms with van der Waals surface area (Å²) >= 11 is 0. The minimum Gasteiger partial charge on any atom is -0.465 e. The number of ether oxygens (including phenoxy) is 1. The van der Waals surface area contributed by atoms with Crippen LogP contribution in [-0.2, 0) is 4.74 Å². The molecule has 1 aromatic carbocycles. The Morgan fingerprint density at radius 1 is 1.35 bits per heavy atom. The van der Waals surface area contributed by atoms with Crippen LogP contribution in [0, 0.1) is 0 Å². The van der Waals surface area contributed by atoms with Crippen molar-refractivity contribution in [2.24, 2.45) is 0 Å². The molecule has 0 unspecified atom stereocenters. The van der Waals surface area contributed by atoms with E-state index in [1.54, 1.807) is 25.1 Å². The Labute approximate surface area is 99.5 Å². The molecule has 1 rings (SSSR count). The molecule has 0 bridgehead atoms. The van der Waals surface area contributed by atoms with Crippen LogP contribution >= 0.6 is 0 Å². The van der Waals surface area contributed by atoms with Crippen molar-refractivity contribution in [2.45, 2.75) is 6.92 Å². The van der Waals surface area contributed by atoms with Gasteiger partial charge >= 0.3 is 12.0 Å². The second-order valence-corrected chi connectivity index (χ2v) is 3.43. The summed E-state index contributed by atoms with van der Waals surface area (Å²) in [5, 5.41) is 5.07. The summed E-state index contributed by atoms with van der Waals surface area (Å²) in [6.07, 6.45) is 0. The summed E-state index contributed by atoms with van der Waals surface area (Å²) < 4.78 is 4.58. The van der Waals surface area contributed by atoms with Crippen LogP contribution < -0.4 is 10.6 Å². The van der Waals surface area contributed by atoms with E-state index in [2.05, 4.69) is 21.9 Å². The Hall–Kier alpha value is -2.30. The molecule has 0 aliphatic heterocycles. The SMILES string of the molecule is C=C(C)NC(=O)Nc1cccc(C(=O)OC)c1. The molecule has 2 amide bonds. The number of rotatable bonds is 3. The lowest BCUT2D eigenvalue weighted by Crippen LogP contribution is -2.26. The lowest BCUT2D eigenvalue weighted by Gasteiger charge is -2.07. The van der Waals surface area contributed by atoms with Gasteiger partial charge < -0.3 is 15.4 Å². The second-order valence-electron chi connectivity index (χ2n) is 3.43. The highest BCUT2D eigenvalue weighted by Gasteiger charge is 2.07. The molecule has 0 aromatic heterocycles. The average molecular weight is 234 g/mol. The van der Waals surface area contributed by atoms with Gasteiger partial charge in [-0.3, -0.25) is 0 Å². The molecule has 17 heavy (non-hydrogen) atoms.